The van der Waals surface area contributed by atoms with E-state index in [2.05, 4.69) is 10.6 Å². The van der Waals surface area contributed by atoms with E-state index < -0.39 is 5.41 Å². The molecule has 0 atom stereocenters. The van der Waals surface area contributed by atoms with Crippen molar-refractivity contribution in [3.05, 3.63) is 53.1 Å². The van der Waals surface area contributed by atoms with Crippen molar-refractivity contribution in [1.29, 1.82) is 0 Å². The summed E-state index contributed by atoms with van der Waals surface area (Å²) in [5.74, 6) is 0.0972. The normalized spacial score (nSPS) is 14.5. The molecular formula is C19H19ClN2O3. The first-order chi connectivity index (χ1) is 11.9. The molecule has 5 nitrogen and oxygen atoms in total. The summed E-state index contributed by atoms with van der Waals surface area (Å²) in [6, 6.07) is 12.3. The molecule has 0 radical (unpaired) electrons. The molecule has 1 saturated carbocycles. The summed E-state index contributed by atoms with van der Waals surface area (Å²) in [5, 5.41) is 6.17. The molecule has 0 bridgehead atoms. The second-order valence-corrected chi connectivity index (χ2v) is 6.59. The van der Waals surface area contributed by atoms with Crippen LogP contribution in [0.4, 0.5) is 11.4 Å². The Bertz CT molecular complexity index is 814. The SMILES string of the molecule is COc1ccc(NC(=O)C2(C(=O)Nc3ccc(C)c(Cl)c3)CC2)cc1. The van der Waals surface area contributed by atoms with E-state index in [1.54, 1.807) is 43.5 Å². The molecule has 0 saturated heterocycles. The van der Waals surface area contributed by atoms with Crippen LogP contribution in [0.2, 0.25) is 5.02 Å². The summed E-state index contributed by atoms with van der Waals surface area (Å²) in [4.78, 5) is 25.2. The van der Waals surface area contributed by atoms with Crippen LogP contribution in [0.15, 0.2) is 42.5 Å². The van der Waals surface area contributed by atoms with Crippen molar-refractivity contribution in [3.8, 4) is 5.75 Å². The minimum Gasteiger partial charge on any atom is -0.497 e. The fourth-order valence-electron chi connectivity index (χ4n) is 2.53. The number of benzene rings is 2. The molecule has 1 fully saturated rings. The van der Waals surface area contributed by atoms with Gasteiger partial charge in [0, 0.05) is 16.4 Å². The lowest BCUT2D eigenvalue weighted by molar-refractivity contribution is -0.131. The van der Waals surface area contributed by atoms with Crippen LogP contribution in [0.5, 0.6) is 5.75 Å². The number of hydrogen-bond acceptors (Lipinski definition) is 3. The summed E-state index contributed by atoms with van der Waals surface area (Å²) in [7, 11) is 1.58. The number of amides is 2. The summed E-state index contributed by atoms with van der Waals surface area (Å²) in [6.45, 7) is 1.89. The van der Waals surface area contributed by atoms with Gasteiger partial charge in [0.05, 0.1) is 7.11 Å². The molecule has 0 aliphatic heterocycles. The molecule has 1 aliphatic carbocycles. The van der Waals surface area contributed by atoms with Gasteiger partial charge in [0.15, 0.2) is 0 Å². The second-order valence-electron chi connectivity index (χ2n) is 6.18. The summed E-state index contributed by atoms with van der Waals surface area (Å²) in [6.07, 6.45) is 1.06. The number of anilines is 2. The van der Waals surface area contributed by atoms with Crippen molar-refractivity contribution in [3.63, 3.8) is 0 Å². The van der Waals surface area contributed by atoms with Gasteiger partial charge in [0.25, 0.3) is 0 Å². The highest BCUT2D eigenvalue weighted by molar-refractivity contribution is 6.31. The fraction of sp³-hybridized carbons (Fsp3) is 0.263. The molecule has 2 aromatic carbocycles. The Hall–Kier alpha value is -2.53. The van der Waals surface area contributed by atoms with Gasteiger partial charge >= 0.3 is 0 Å². The molecule has 2 N–H and O–H groups in total. The van der Waals surface area contributed by atoms with Gasteiger partial charge in [-0.25, -0.2) is 0 Å². The van der Waals surface area contributed by atoms with Crippen LogP contribution in [-0.4, -0.2) is 18.9 Å². The molecular weight excluding hydrogens is 340 g/mol. The highest BCUT2D eigenvalue weighted by Gasteiger charge is 2.56. The number of ether oxygens (including phenoxy) is 1. The van der Waals surface area contributed by atoms with Gasteiger partial charge in [-0.05, 0) is 61.7 Å². The highest BCUT2D eigenvalue weighted by Crippen LogP contribution is 2.47. The third-order valence-corrected chi connectivity index (χ3v) is 4.80. The Morgan fingerprint density at radius 2 is 1.56 bits per heavy atom. The first-order valence-electron chi connectivity index (χ1n) is 7.98. The molecule has 0 aromatic heterocycles. The van der Waals surface area contributed by atoms with Gasteiger partial charge in [-0.15, -0.1) is 0 Å². The summed E-state index contributed by atoms with van der Waals surface area (Å²) in [5.41, 5.74) is 1.13. The minimum absolute atomic E-state index is 0.298. The number of methoxy groups -OCH3 is 1. The largest absolute Gasteiger partial charge is 0.497 e. The van der Waals surface area contributed by atoms with E-state index in [0.29, 0.717) is 35.0 Å². The zero-order valence-electron chi connectivity index (χ0n) is 14.1. The van der Waals surface area contributed by atoms with Crippen LogP contribution in [0, 0.1) is 12.3 Å². The van der Waals surface area contributed by atoms with Crippen LogP contribution in [0.1, 0.15) is 18.4 Å². The van der Waals surface area contributed by atoms with E-state index in [1.807, 2.05) is 13.0 Å². The van der Waals surface area contributed by atoms with E-state index >= 15 is 0 Å². The van der Waals surface area contributed by atoms with Crippen molar-refractivity contribution in [2.75, 3.05) is 17.7 Å². The lowest BCUT2D eigenvalue weighted by atomic mass is 10.0. The average Bonchev–Trinajstić information content (AvgIpc) is 3.41. The van der Waals surface area contributed by atoms with Crippen LogP contribution in [0.3, 0.4) is 0 Å². The lowest BCUT2D eigenvalue weighted by Gasteiger charge is -2.16. The highest BCUT2D eigenvalue weighted by atomic mass is 35.5. The van der Waals surface area contributed by atoms with Crippen LogP contribution in [0.25, 0.3) is 0 Å². The van der Waals surface area contributed by atoms with E-state index in [9.17, 15) is 9.59 Å². The average molecular weight is 359 g/mol. The first-order valence-corrected chi connectivity index (χ1v) is 8.35. The summed E-state index contributed by atoms with van der Waals surface area (Å²) >= 11 is 6.08. The zero-order valence-corrected chi connectivity index (χ0v) is 14.8. The fourth-order valence-corrected chi connectivity index (χ4v) is 2.71. The smallest absolute Gasteiger partial charge is 0.240 e. The maximum atomic E-state index is 12.6. The van der Waals surface area contributed by atoms with Gasteiger partial charge in [0.1, 0.15) is 11.2 Å². The minimum atomic E-state index is -1.02. The molecule has 0 unspecified atom stereocenters. The zero-order chi connectivity index (χ0) is 18.0. The predicted octanol–water partition coefficient (Wildman–Crippen LogP) is 4.01. The second kappa shape index (κ2) is 6.76. The molecule has 6 heteroatoms. The Kier molecular flexibility index (Phi) is 4.68. The topological polar surface area (TPSA) is 67.4 Å². The van der Waals surface area contributed by atoms with Gasteiger partial charge in [0.2, 0.25) is 11.8 Å². The predicted molar refractivity (Wildman–Crippen MR) is 98.1 cm³/mol. The van der Waals surface area contributed by atoms with Crippen LogP contribution in [-0.2, 0) is 9.59 Å². The molecule has 130 valence electrons. The lowest BCUT2D eigenvalue weighted by Crippen LogP contribution is -2.35. The van der Waals surface area contributed by atoms with Crippen molar-refractivity contribution < 1.29 is 14.3 Å². The van der Waals surface area contributed by atoms with Crippen molar-refractivity contribution >= 4 is 34.8 Å². The van der Waals surface area contributed by atoms with E-state index in [0.717, 1.165) is 5.56 Å². The summed E-state index contributed by atoms with van der Waals surface area (Å²) < 4.78 is 5.09. The van der Waals surface area contributed by atoms with E-state index in [4.69, 9.17) is 16.3 Å². The molecule has 0 heterocycles. The van der Waals surface area contributed by atoms with Crippen molar-refractivity contribution in [2.45, 2.75) is 19.8 Å². The van der Waals surface area contributed by atoms with Gasteiger partial charge in [-0.3, -0.25) is 9.59 Å². The van der Waals surface area contributed by atoms with Crippen molar-refractivity contribution in [1.82, 2.24) is 0 Å². The molecule has 2 amide bonds. The first kappa shape index (κ1) is 17.3. The number of carbonyl (C=O) groups excluding carboxylic acids is 2. The monoisotopic (exact) mass is 358 g/mol. The van der Waals surface area contributed by atoms with E-state index in [1.165, 1.54) is 0 Å². The molecule has 2 aromatic rings. The maximum Gasteiger partial charge on any atom is 0.240 e. The van der Waals surface area contributed by atoms with Gasteiger partial charge in [-0.2, -0.15) is 0 Å². The van der Waals surface area contributed by atoms with Gasteiger partial charge in [-0.1, -0.05) is 17.7 Å². The van der Waals surface area contributed by atoms with Gasteiger partial charge < -0.3 is 15.4 Å². The number of halogens is 1. The standard InChI is InChI=1S/C19H19ClN2O3/c1-12-3-4-14(11-16(12)20)22-18(24)19(9-10-19)17(23)21-13-5-7-15(25-2)8-6-13/h3-8,11H,9-10H2,1-2H3,(H,21,23)(H,22,24). The Morgan fingerprint density at radius 3 is 2.08 bits per heavy atom. The number of aryl methyl sites for hydroxylation is 1. The quantitative estimate of drug-likeness (QED) is 0.793. The van der Waals surface area contributed by atoms with Crippen LogP contribution < -0.4 is 15.4 Å². The molecule has 25 heavy (non-hydrogen) atoms. The number of carbonyl (C=O) groups is 2. The molecule has 1 aliphatic rings. The Balaban J connectivity index is 1.68. The van der Waals surface area contributed by atoms with E-state index in [-0.39, 0.29) is 11.8 Å². The van der Waals surface area contributed by atoms with Crippen molar-refractivity contribution in [2.24, 2.45) is 5.41 Å². The Labute approximate surface area is 151 Å². The third kappa shape index (κ3) is 3.61. The van der Waals surface area contributed by atoms with Crippen LogP contribution >= 0.6 is 11.6 Å². The maximum absolute atomic E-state index is 12.6. The molecule has 3 rings (SSSR count). The number of rotatable bonds is 5. The Morgan fingerprint density at radius 1 is 1.00 bits per heavy atom. The molecule has 0 spiro atoms. The number of nitrogens with one attached hydrogen (secondary N) is 2. The third-order valence-electron chi connectivity index (χ3n) is 4.40. The number of hydrogen-bond donors (Lipinski definition) is 2.